The highest BCUT2D eigenvalue weighted by atomic mass is 16.5. The van der Waals surface area contributed by atoms with Crippen molar-refractivity contribution in [2.45, 2.75) is 6.61 Å². The number of ether oxygens (including phenoxy) is 2. The van der Waals surface area contributed by atoms with Crippen LogP contribution in [0.25, 0.3) is 32.3 Å². The maximum Gasteiger partial charge on any atom is 0.127 e. The topological polar surface area (TPSA) is 18.5 Å². The van der Waals surface area contributed by atoms with Crippen molar-refractivity contribution in [3.8, 4) is 11.5 Å². The van der Waals surface area contributed by atoms with Gasteiger partial charge in [0.15, 0.2) is 0 Å². The molecule has 2 nitrogen and oxygen atoms in total. The zero-order valence-corrected chi connectivity index (χ0v) is 15.7. The Balaban J connectivity index is 1.58. The van der Waals surface area contributed by atoms with E-state index < -0.39 is 0 Å². The van der Waals surface area contributed by atoms with E-state index in [9.17, 15) is 0 Å². The van der Waals surface area contributed by atoms with Crippen LogP contribution in [0, 0.1) is 0 Å². The van der Waals surface area contributed by atoms with Crippen LogP contribution in [0.2, 0.25) is 0 Å². The van der Waals surface area contributed by atoms with Gasteiger partial charge in [-0.25, -0.2) is 0 Å². The highest BCUT2D eigenvalue weighted by Crippen LogP contribution is 2.33. The average molecular weight is 364 g/mol. The lowest BCUT2D eigenvalue weighted by Crippen LogP contribution is -2.00. The van der Waals surface area contributed by atoms with Gasteiger partial charge in [0.05, 0.1) is 7.11 Å². The molecule has 0 radical (unpaired) electrons. The Labute approximate surface area is 163 Å². The minimum atomic E-state index is 0.455. The van der Waals surface area contributed by atoms with E-state index in [1.54, 1.807) is 7.11 Å². The number of hydrogen-bond acceptors (Lipinski definition) is 2. The fourth-order valence-electron chi connectivity index (χ4n) is 3.87. The molecule has 0 saturated carbocycles. The van der Waals surface area contributed by atoms with Crippen LogP contribution in [0.5, 0.6) is 11.5 Å². The van der Waals surface area contributed by atoms with Crippen LogP contribution in [-0.4, -0.2) is 7.11 Å². The summed E-state index contributed by atoms with van der Waals surface area (Å²) in [7, 11) is 1.71. The number of hydrogen-bond donors (Lipinski definition) is 0. The normalized spacial score (nSPS) is 11.2. The molecule has 0 aliphatic rings. The maximum atomic E-state index is 6.32. The van der Waals surface area contributed by atoms with Gasteiger partial charge in [-0.2, -0.15) is 0 Å². The highest BCUT2D eigenvalue weighted by Gasteiger charge is 2.11. The summed E-state index contributed by atoms with van der Waals surface area (Å²) in [6.07, 6.45) is 0. The summed E-state index contributed by atoms with van der Waals surface area (Å²) in [6, 6.07) is 31.5. The molecule has 0 spiro atoms. The Hall–Kier alpha value is -3.52. The van der Waals surface area contributed by atoms with Crippen LogP contribution >= 0.6 is 0 Å². The first-order chi connectivity index (χ1) is 13.8. The third-order valence-corrected chi connectivity index (χ3v) is 5.30. The van der Waals surface area contributed by atoms with Crippen LogP contribution in [-0.2, 0) is 6.61 Å². The second kappa shape index (κ2) is 6.90. The summed E-state index contributed by atoms with van der Waals surface area (Å²) < 4.78 is 11.9. The molecule has 0 aliphatic heterocycles. The van der Waals surface area contributed by atoms with Crippen molar-refractivity contribution in [2.75, 3.05) is 7.11 Å². The Kier molecular flexibility index (Phi) is 4.10. The van der Waals surface area contributed by atoms with Gasteiger partial charge in [-0.15, -0.1) is 0 Å². The van der Waals surface area contributed by atoms with E-state index in [1.165, 1.54) is 21.5 Å². The van der Waals surface area contributed by atoms with Crippen LogP contribution in [0.3, 0.4) is 0 Å². The molecule has 0 atom stereocenters. The molecule has 5 aromatic rings. The molecule has 28 heavy (non-hydrogen) atoms. The molecule has 5 rings (SSSR count). The lowest BCUT2D eigenvalue weighted by molar-refractivity contribution is 0.302. The van der Waals surface area contributed by atoms with Gasteiger partial charge in [0.25, 0.3) is 0 Å². The van der Waals surface area contributed by atoms with E-state index in [-0.39, 0.29) is 0 Å². The van der Waals surface area contributed by atoms with Gasteiger partial charge in [0.2, 0.25) is 0 Å². The zero-order chi connectivity index (χ0) is 18.9. The Bertz CT molecular complexity index is 1300. The number of rotatable bonds is 4. The van der Waals surface area contributed by atoms with Gasteiger partial charge in [0.1, 0.15) is 18.1 Å². The molecular weight excluding hydrogens is 344 g/mol. The molecule has 0 fully saturated rings. The first-order valence-electron chi connectivity index (χ1n) is 9.42. The van der Waals surface area contributed by atoms with Gasteiger partial charge in [-0.3, -0.25) is 0 Å². The minimum absolute atomic E-state index is 0.455. The van der Waals surface area contributed by atoms with Crippen molar-refractivity contribution in [1.82, 2.24) is 0 Å². The first kappa shape index (κ1) is 16.6. The van der Waals surface area contributed by atoms with E-state index in [1.807, 2.05) is 18.2 Å². The van der Waals surface area contributed by atoms with Crippen molar-refractivity contribution in [3.63, 3.8) is 0 Å². The molecule has 5 aromatic carbocycles. The van der Waals surface area contributed by atoms with E-state index in [0.717, 1.165) is 27.8 Å². The summed E-state index contributed by atoms with van der Waals surface area (Å²) in [5, 5.41) is 7.11. The quantitative estimate of drug-likeness (QED) is 0.329. The zero-order valence-electron chi connectivity index (χ0n) is 15.7. The molecule has 0 saturated heterocycles. The smallest absolute Gasteiger partial charge is 0.127 e. The number of methoxy groups -OCH3 is 1. The monoisotopic (exact) mass is 364 g/mol. The Morgan fingerprint density at radius 1 is 0.571 bits per heavy atom. The third kappa shape index (κ3) is 2.84. The van der Waals surface area contributed by atoms with Gasteiger partial charge >= 0.3 is 0 Å². The molecule has 136 valence electrons. The van der Waals surface area contributed by atoms with Crippen LogP contribution in [0.4, 0.5) is 0 Å². The second-order valence-electron chi connectivity index (χ2n) is 6.93. The fraction of sp³-hybridized carbons (Fsp3) is 0.0769. The van der Waals surface area contributed by atoms with Crippen molar-refractivity contribution in [1.29, 1.82) is 0 Å². The van der Waals surface area contributed by atoms with E-state index in [0.29, 0.717) is 6.61 Å². The first-order valence-corrected chi connectivity index (χ1v) is 9.42. The second-order valence-corrected chi connectivity index (χ2v) is 6.93. The summed E-state index contributed by atoms with van der Waals surface area (Å²) in [5.74, 6) is 1.74. The number of fused-ring (bicyclic) bond motifs is 3. The Morgan fingerprint density at radius 3 is 2.11 bits per heavy atom. The van der Waals surface area contributed by atoms with Crippen molar-refractivity contribution in [3.05, 3.63) is 96.6 Å². The van der Waals surface area contributed by atoms with Gasteiger partial charge in [-0.1, -0.05) is 66.7 Å². The fourth-order valence-corrected chi connectivity index (χ4v) is 3.87. The largest absolute Gasteiger partial charge is 0.496 e. The van der Waals surface area contributed by atoms with Crippen molar-refractivity contribution < 1.29 is 9.47 Å². The third-order valence-electron chi connectivity index (χ3n) is 5.30. The standard InChI is InChI=1S/C26H20O2/c1-27-25-14-13-18-7-4-5-11-22(18)24(25)17-28-26-12-6-10-21-15-19-8-2-3-9-20(19)16-23(21)26/h2-16H,17H2,1H3. The molecule has 0 aliphatic carbocycles. The maximum absolute atomic E-state index is 6.32. The Morgan fingerprint density at radius 2 is 1.29 bits per heavy atom. The summed E-state index contributed by atoms with van der Waals surface area (Å²) in [6.45, 7) is 0.455. The predicted octanol–water partition coefficient (Wildman–Crippen LogP) is 6.73. The molecule has 0 amide bonds. The average Bonchev–Trinajstić information content (AvgIpc) is 2.76. The molecule has 0 unspecified atom stereocenters. The molecular formula is C26H20O2. The summed E-state index contributed by atoms with van der Waals surface area (Å²) >= 11 is 0. The van der Waals surface area contributed by atoms with Gasteiger partial charge < -0.3 is 9.47 Å². The van der Waals surface area contributed by atoms with Gasteiger partial charge in [0, 0.05) is 10.9 Å². The molecule has 0 bridgehead atoms. The predicted molar refractivity (Wildman–Crippen MR) is 116 cm³/mol. The lowest BCUT2D eigenvalue weighted by Gasteiger charge is -2.15. The minimum Gasteiger partial charge on any atom is -0.496 e. The van der Waals surface area contributed by atoms with Crippen molar-refractivity contribution in [2.24, 2.45) is 0 Å². The molecule has 0 heterocycles. The summed E-state index contributed by atoms with van der Waals surface area (Å²) in [4.78, 5) is 0. The van der Waals surface area contributed by atoms with E-state index in [4.69, 9.17) is 9.47 Å². The van der Waals surface area contributed by atoms with Crippen LogP contribution in [0.15, 0.2) is 91.0 Å². The van der Waals surface area contributed by atoms with Crippen molar-refractivity contribution >= 4 is 32.3 Å². The molecule has 2 heteroatoms. The lowest BCUT2D eigenvalue weighted by atomic mass is 10.0. The number of benzene rings is 5. The van der Waals surface area contributed by atoms with E-state index in [2.05, 4.69) is 72.8 Å². The van der Waals surface area contributed by atoms with E-state index >= 15 is 0 Å². The van der Waals surface area contributed by atoms with Crippen LogP contribution < -0.4 is 9.47 Å². The highest BCUT2D eigenvalue weighted by molar-refractivity contribution is 6.00. The van der Waals surface area contributed by atoms with Gasteiger partial charge in [-0.05, 0) is 51.2 Å². The summed E-state index contributed by atoms with van der Waals surface area (Å²) in [5.41, 5.74) is 1.07. The van der Waals surface area contributed by atoms with Crippen LogP contribution in [0.1, 0.15) is 5.56 Å². The molecule has 0 N–H and O–H groups in total. The molecule has 0 aromatic heterocycles. The SMILES string of the molecule is COc1ccc2ccccc2c1COc1cccc2cc3ccccc3cc12.